The van der Waals surface area contributed by atoms with Crippen LogP contribution in [-0.2, 0) is 0 Å². The average Bonchev–Trinajstić information content (AvgIpc) is 3.37. The van der Waals surface area contributed by atoms with E-state index in [2.05, 4.69) is 0 Å². The molecule has 0 aliphatic rings. The third-order valence-corrected chi connectivity index (χ3v) is 11.0. The molecular weight excluding hydrogens is 889 g/mol. The summed E-state index contributed by atoms with van der Waals surface area (Å²) in [5, 5.41) is 40.9. The molecular formula is C58H38O12. The molecule has 0 bridgehead atoms. The summed E-state index contributed by atoms with van der Waals surface area (Å²) < 4.78 is 12.1. The Morgan fingerprint density at radius 3 is 0.957 bits per heavy atom. The summed E-state index contributed by atoms with van der Waals surface area (Å²) in [4.78, 5) is 75.4. The molecule has 0 saturated heterocycles. The molecule has 8 aromatic rings. The molecule has 342 valence electrons. The van der Waals surface area contributed by atoms with E-state index in [0.29, 0.717) is 11.1 Å². The largest absolute Gasteiger partial charge is 0.478 e. The van der Waals surface area contributed by atoms with Gasteiger partial charge in [0.15, 0.2) is 11.6 Å². The Hall–Kier alpha value is -9.94. The number of ketones is 2. The zero-order valence-corrected chi connectivity index (χ0v) is 36.7. The van der Waals surface area contributed by atoms with Crippen molar-refractivity contribution in [1.82, 2.24) is 0 Å². The van der Waals surface area contributed by atoms with Gasteiger partial charge in [-0.05, 0) is 105 Å². The van der Waals surface area contributed by atoms with Crippen molar-refractivity contribution >= 4 is 47.6 Å². The summed E-state index contributed by atoms with van der Waals surface area (Å²) in [6.45, 7) is 0. The van der Waals surface area contributed by atoms with Crippen LogP contribution in [0.5, 0.6) is 23.0 Å². The summed E-state index contributed by atoms with van der Waals surface area (Å²) in [7, 11) is 0. The van der Waals surface area contributed by atoms with Crippen LogP contribution in [0.25, 0.3) is 45.5 Å². The molecule has 0 fully saturated rings. The number of hydrogen-bond donors (Lipinski definition) is 4. The maximum Gasteiger partial charge on any atom is 0.340 e. The normalized spacial score (nSPS) is 11.0. The van der Waals surface area contributed by atoms with Crippen molar-refractivity contribution in [2.45, 2.75) is 0 Å². The molecule has 70 heavy (non-hydrogen) atoms. The predicted octanol–water partition coefficient (Wildman–Crippen LogP) is 12.9. The zero-order chi connectivity index (χ0) is 49.3. The molecule has 4 N–H and O–H groups in total. The van der Waals surface area contributed by atoms with Crippen molar-refractivity contribution in [2.75, 3.05) is 0 Å². The molecule has 0 aliphatic carbocycles. The molecule has 0 aromatic heterocycles. The third-order valence-electron chi connectivity index (χ3n) is 11.0. The number of carboxylic acids is 4. The van der Waals surface area contributed by atoms with Crippen LogP contribution in [0.1, 0.15) is 73.3 Å². The predicted molar refractivity (Wildman–Crippen MR) is 263 cm³/mol. The number of carboxylic acid groups (broad SMARTS) is 4. The van der Waals surface area contributed by atoms with Crippen molar-refractivity contribution in [3.05, 3.63) is 239 Å². The van der Waals surface area contributed by atoms with E-state index in [1.165, 1.54) is 24.3 Å². The van der Waals surface area contributed by atoms with Crippen molar-refractivity contribution < 1.29 is 58.7 Å². The molecule has 0 heterocycles. The van der Waals surface area contributed by atoms with E-state index in [-0.39, 0.29) is 34.2 Å². The van der Waals surface area contributed by atoms with Gasteiger partial charge in [-0.1, -0.05) is 146 Å². The third kappa shape index (κ3) is 10.8. The topological polar surface area (TPSA) is 202 Å². The highest BCUT2D eigenvalue weighted by Gasteiger charge is 2.28. The molecule has 0 aliphatic heterocycles. The van der Waals surface area contributed by atoms with Gasteiger partial charge < -0.3 is 29.9 Å². The van der Waals surface area contributed by atoms with Gasteiger partial charge in [0.05, 0.1) is 11.1 Å². The van der Waals surface area contributed by atoms with Crippen LogP contribution in [0, 0.1) is 0 Å². The monoisotopic (exact) mass is 926 g/mol. The minimum atomic E-state index is -1.62. The van der Waals surface area contributed by atoms with Gasteiger partial charge in [-0.3, -0.25) is 9.59 Å². The average molecular weight is 927 g/mol. The molecule has 0 saturated carbocycles. The highest BCUT2D eigenvalue weighted by Crippen LogP contribution is 2.39. The van der Waals surface area contributed by atoms with Crippen LogP contribution in [-0.4, -0.2) is 55.9 Å². The number of allylic oxidation sites excluding steroid dienone is 2. The standard InChI is InChI=1S/C58H38O12/c59-49(41-7-3-1-4-8-41)29-15-35-11-17-37(18-12-35)39-21-25-45(26-22-39)69-51-33-43(31-47(55(61)62)53(51)57(65)66)44-32-48(56(63)64)54(58(67)68)52(34-44)70-46-27-23-40(24-28-46)38-19-13-36(14-20-38)16-30-50(60)42-9-5-2-6-10-42/h1-34H,(H,61,62)(H,63,64)(H,65,66)(H,67,68). The van der Waals surface area contributed by atoms with Gasteiger partial charge in [0, 0.05) is 11.1 Å². The summed E-state index contributed by atoms with van der Waals surface area (Å²) in [6.07, 6.45) is 6.42. The SMILES string of the molecule is O=C(C=Cc1ccc(-c2ccc(Oc3cc(-c4cc(Oc5ccc(-c6ccc(C=CC(=O)c7ccccc7)cc6)cc5)c(C(=O)O)c(C(=O)O)c4)cc(C(=O)O)c3C(=O)O)cc2)cc1)c1ccccc1. The molecule has 0 spiro atoms. The Morgan fingerprint density at radius 2 is 0.657 bits per heavy atom. The number of rotatable bonds is 17. The minimum absolute atomic E-state index is 0.0176. The fourth-order valence-electron chi connectivity index (χ4n) is 7.50. The number of carbonyl (C=O) groups excluding carboxylic acids is 2. The molecule has 0 unspecified atom stereocenters. The van der Waals surface area contributed by atoms with E-state index in [4.69, 9.17) is 9.47 Å². The first-order valence-corrected chi connectivity index (χ1v) is 21.4. The van der Waals surface area contributed by atoms with E-state index in [1.54, 1.807) is 109 Å². The highest BCUT2D eigenvalue weighted by molar-refractivity contribution is 6.08. The summed E-state index contributed by atoms with van der Waals surface area (Å²) in [5.74, 6) is -7.23. The van der Waals surface area contributed by atoms with E-state index in [9.17, 15) is 49.2 Å². The van der Waals surface area contributed by atoms with Crippen molar-refractivity contribution in [3.8, 4) is 56.4 Å². The number of carbonyl (C=O) groups is 6. The second-order valence-corrected chi connectivity index (χ2v) is 15.6. The lowest BCUT2D eigenvalue weighted by molar-refractivity contribution is 0.0649. The van der Waals surface area contributed by atoms with Crippen molar-refractivity contribution in [2.24, 2.45) is 0 Å². The first kappa shape index (κ1) is 46.6. The van der Waals surface area contributed by atoms with Gasteiger partial charge in [0.2, 0.25) is 0 Å². The van der Waals surface area contributed by atoms with Gasteiger partial charge in [-0.2, -0.15) is 0 Å². The zero-order valence-electron chi connectivity index (χ0n) is 36.7. The Kier molecular flexibility index (Phi) is 13.8. The van der Waals surface area contributed by atoms with Crippen molar-refractivity contribution in [1.29, 1.82) is 0 Å². The second kappa shape index (κ2) is 20.7. The molecule has 8 aromatic carbocycles. The quantitative estimate of drug-likeness (QED) is 0.0498. The lowest BCUT2D eigenvalue weighted by Crippen LogP contribution is -2.12. The van der Waals surface area contributed by atoms with E-state index in [1.807, 2.05) is 60.7 Å². The molecule has 0 radical (unpaired) electrons. The van der Waals surface area contributed by atoms with Gasteiger partial charge in [0.1, 0.15) is 34.1 Å². The van der Waals surface area contributed by atoms with Gasteiger partial charge in [-0.25, -0.2) is 19.2 Å². The lowest BCUT2D eigenvalue weighted by atomic mass is 9.94. The number of benzene rings is 8. The lowest BCUT2D eigenvalue weighted by Gasteiger charge is -2.17. The molecule has 12 nitrogen and oxygen atoms in total. The summed E-state index contributed by atoms with van der Waals surface area (Å²) in [5.41, 5.74) is 3.15. The van der Waals surface area contributed by atoms with Crippen LogP contribution in [0.3, 0.4) is 0 Å². The highest BCUT2D eigenvalue weighted by atomic mass is 16.5. The molecule has 12 heteroatoms. The Labute approximate surface area is 399 Å². The number of aromatic carboxylic acids is 4. The van der Waals surface area contributed by atoms with Crippen molar-refractivity contribution in [3.63, 3.8) is 0 Å². The Morgan fingerprint density at radius 1 is 0.343 bits per heavy atom. The van der Waals surface area contributed by atoms with Crippen LogP contribution >= 0.6 is 0 Å². The van der Waals surface area contributed by atoms with Gasteiger partial charge >= 0.3 is 23.9 Å². The van der Waals surface area contributed by atoms with Crippen LogP contribution < -0.4 is 9.47 Å². The summed E-state index contributed by atoms with van der Waals surface area (Å²) in [6, 6.07) is 50.2. The smallest absolute Gasteiger partial charge is 0.340 e. The first-order chi connectivity index (χ1) is 33.8. The number of hydrogen-bond acceptors (Lipinski definition) is 8. The maximum atomic E-state index is 12.6. The number of ether oxygens (including phenoxy) is 2. The van der Waals surface area contributed by atoms with Gasteiger partial charge in [-0.15, -0.1) is 0 Å². The minimum Gasteiger partial charge on any atom is -0.478 e. The second-order valence-electron chi connectivity index (χ2n) is 15.6. The summed E-state index contributed by atoms with van der Waals surface area (Å²) >= 11 is 0. The van der Waals surface area contributed by atoms with Gasteiger partial charge in [0.25, 0.3) is 0 Å². The fourth-order valence-corrected chi connectivity index (χ4v) is 7.50. The van der Waals surface area contributed by atoms with E-state index in [0.717, 1.165) is 45.5 Å². The molecule has 0 amide bonds. The van der Waals surface area contributed by atoms with Crippen LogP contribution in [0.15, 0.2) is 194 Å². The molecule has 0 atom stereocenters. The molecule has 8 rings (SSSR count). The van der Waals surface area contributed by atoms with E-state index >= 15 is 0 Å². The maximum absolute atomic E-state index is 12.6. The van der Waals surface area contributed by atoms with Crippen LogP contribution in [0.2, 0.25) is 0 Å². The fraction of sp³-hybridized carbons (Fsp3) is 0. The Bertz CT molecular complexity index is 3130. The Balaban J connectivity index is 1.05. The first-order valence-electron chi connectivity index (χ1n) is 21.4. The van der Waals surface area contributed by atoms with E-state index < -0.39 is 57.6 Å². The van der Waals surface area contributed by atoms with Crippen LogP contribution in [0.4, 0.5) is 0 Å².